The second kappa shape index (κ2) is 4.41. The van der Waals surface area contributed by atoms with Crippen LogP contribution in [0.1, 0.15) is 16.1 Å². The van der Waals surface area contributed by atoms with Crippen molar-refractivity contribution in [1.29, 1.82) is 0 Å². The number of rotatable bonds is 2. The molecule has 1 heterocycles. The molecule has 4 nitrogen and oxygen atoms in total. The summed E-state index contributed by atoms with van der Waals surface area (Å²) in [4.78, 5) is 11.3. The molecule has 2 rings (SSSR count). The van der Waals surface area contributed by atoms with Gasteiger partial charge >= 0.3 is 5.97 Å². The predicted octanol–water partition coefficient (Wildman–Crippen LogP) is 2.18. The lowest BCUT2D eigenvalue weighted by Crippen LogP contribution is -2.00. The van der Waals surface area contributed by atoms with Gasteiger partial charge in [0.25, 0.3) is 0 Å². The zero-order valence-electron chi connectivity index (χ0n) is 10.1. The third-order valence-electron chi connectivity index (χ3n) is 2.72. The van der Waals surface area contributed by atoms with Crippen LogP contribution in [-0.4, -0.2) is 22.9 Å². The van der Waals surface area contributed by atoms with Gasteiger partial charge < -0.3 is 4.74 Å². The number of nitrogens with zero attached hydrogens (tertiary/aromatic N) is 2. The Balaban J connectivity index is 2.32. The number of carbonyl (C=O) groups is 1. The smallest absolute Gasteiger partial charge is 0.337 e. The van der Waals surface area contributed by atoms with Crippen LogP contribution in [0.3, 0.4) is 0 Å². The number of hydrogen-bond acceptors (Lipinski definition) is 3. The fraction of sp³-hybridized carbons (Fsp3) is 0.231. The summed E-state index contributed by atoms with van der Waals surface area (Å²) in [5, 5.41) is 4.38. The van der Waals surface area contributed by atoms with Crippen molar-refractivity contribution >= 4 is 5.97 Å². The molecule has 0 aliphatic rings. The summed E-state index contributed by atoms with van der Waals surface area (Å²) in [6.45, 7) is 2.00. The topological polar surface area (TPSA) is 44.1 Å². The molecule has 0 aliphatic heterocycles. The first-order valence-electron chi connectivity index (χ1n) is 5.31. The Morgan fingerprint density at radius 1 is 1.29 bits per heavy atom. The van der Waals surface area contributed by atoms with Crippen molar-refractivity contribution in [2.24, 2.45) is 7.05 Å². The number of methoxy groups -OCH3 is 1. The normalized spacial score (nSPS) is 10.3. The third kappa shape index (κ3) is 2.20. The van der Waals surface area contributed by atoms with E-state index >= 15 is 0 Å². The molecule has 1 aromatic carbocycles. The molecule has 0 fully saturated rings. The fourth-order valence-corrected chi connectivity index (χ4v) is 1.60. The lowest BCUT2D eigenvalue weighted by Gasteiger charge is -2.00. The molecule has 0 saturated heterocycles. The number of esters is 1. The van der Waals surface area contributed by atoms with Gasteiger partial charge in [-0.2, -0.15) is 5.10 Å². The molecular formula is C13H14N2O2. The lowest BCUT2D eigenvalue weighted by molar-refractivity contribution is 0.0601. The molecule has 17 heavy (non-hydrogen) atoms. The molecule has 0 N–H and O–H groups in total. The maximum Gasteiger partial charge on any atom is 0.337 e. The van der Waals surface area contributed by atoms with Gasteiger partial charge in [-0.1, -0.05) is 12.1 Å². The van der Waals surface area contributed by atoms with Gasteiger partial charge in [0, 0.05) is 18.3 Å². The Morgan fingerprint density at radius 2 is 1.94 bits per heavy atom. The van der Waals surface area contributed by atoms with Crippen LogP contribution in [0.5, 0.6) is 0 Å². The van der Waals surface area contributed by atoms with Crippen molar-refractivity contribution in [3.63, 3.8) is 0 Å². The van der Waals surface area contributed by atoms with Crippen LogP contribution in [0.15, 0.2) is 30.3 Å². The van der Waals surface area contributed by atoms with E-state index in [2.05, 4.69) is 9.84 Å². The van der Waals surface area contributed by atoms with Gasteiger partial charge in [0.15, 0.2) is 0 Å². The number of hydrogen-bond donors (Lipinski definition) is 0. The second-order valence-electron chi connectivity index (χ2n) is 3.86. The minimum Gasteiger partial charge on any atom is -0.465 e. The predicted molar refractivity (Wildman–Crippen MR) is 64.7 cm³/mol. The average Bonchev–Trinajstić information content (AvgIpc) is 2.69. The maximum absolute atomic E-state index is 11.3. The number of carbonyl (C=O) groups excluding carboxylic acids is 1. The highest BCUT2D eigenvalue weighted by molar-refractivity contribution is 5.89. The fourth-order valence-electron chi connectivity index (χ4n) is 1.60. The summed E-state index contributed by atoms with van der Waals surface area (Å²) in [5.74, 6) is -0.325. The number of aromatic nitrogens is 2. The maximum atomic E-state index is 11.3. The van der Waals surface area contributed by atoms with E-state index in [1.54, 1.807) is 12.1 Å². The second-order valence-corrected chi connectivity index (χ2v) is 3.86. The molecule has 0 aliphatic carbocycles. The van der Waals surface area contributed by atoms with Crippen molar-refractivity contribution < 1.29 is 9.53 Å². The van der Waals surface area contributed by atoms with E-state index in [4.69, 9.17) is 0 Å². The molecule has 4 heteroatoms. The zero-order chi connectivity index (χ0) is 12.4. The van der Waals surface area contributed by atoms with Gasteiger partial charge in [-0.15, -0.1) is 0 Å². The number of aryl methyl sites for hydroxylation is 2. The van der Waals surface area contributed by atoms with Crippen molar-refractivity contribution in [3.8, 4) is 11.3 Å². The molecule has 1 aromatic heterocycles. The largest absolute Gasteiger partial charge is 0.465 e. The number of benzene rings is 1. The summed E-state index contributed by atoms with van der Waals surface area (Å²) in [6, 6.07) is 9.23. The molecule has 0 unspecified atom stereocenters. The van der Waals surface area contributed by atoms with E-state index in [1.807, 2.05) is 36.9 Å². The van der Waals surface area contributed by atoms with Gasteiger partial charge in [0.1, 0.15) is 0 Å². The van der Waals surface area contributed by atoms with Gasteiger partial charge in [0.2, 0.25) is 0 Å². The SMILES string of the molecule is COC(=O)c1ccc(-c2cc(C)n(C)n2)cc1. The third-order valence-corrected chi connectivity index (χ3v) is 2.72. The van der Waals surface area contributed by atoms with Crippen molar-refractivity contribution in [2.45, 2.75) is 6.92 Å². The average molecular weight is 230 g/mol. The Labute approximate surface area is 99.8 Å². The van der Waals surface area contributed by atoms with Crippen LogP contribution < -0.4 is 0 Å². The standard InChI is InChI=1S/C13H14N2O2/c1-9-8-12(14-15(9)2)10-4-6-11(7-5-10)13(16)17-3/h4-8H,1-3H3. The monoisotopic (exact) mass is 230 g/mol. The molecule has 0 amide bonds. The molecular weight excluding hydrogens is 216 g/mol. The Kier molecular flexibility index (Phi) is 2.95. The highest BCUT2D eigenvalue weighted by atomic mass is 16.5. The van der Waals surface area contributed by atoms with Crippen LogP contribution in [0.25, 0.3) is 11.3 Å². The number of ether oxygens (including phenoxy) is 1. The van der Waals surface area contributed by atoms with Crippen LogP contribution in [0.2, 0.25) is 0 Å². The van der Waals surface area contributed by atoms with Gasteiger partial charge in [-0.25, -0.2) is 4.79 Å². The summed E-state index contributed by atoms with van der Waals surface area (Å²) >= 11 is 0. The Hall–Kier alpha value is -2.10. The highest BCUT2D eigenvalue weighted by Crippen LogP contribution is 2.19. The minimum atomic E-state index is -0.325. The molecule has 0 saturated carbocycles. The lowest BCUT2D eigenvalue weighted by atomic mass is 10.1. The first-order chi connectivity index (χ1) is 8.11. The van der Waals surface area contributed by atoms with Crippen LogP contribution in [-0.2, 0) is 11.8 Å². The van der Waals surface area contributed by atoms with Crippen molar-refractivity contribution in [3.05, 3.63) is 41.6 Å². The molecule has 0 atom stereocenters. The Morgan fingerprint density at radius 3 is 2.41 bits per heavy atom. The van der Waals surface area contributed by atoms with Gasteiger partial charge in [-0.05, 0) is 25.1 Å². The first-order valence-corrected chi connectivity index (χ1v) is 5.31. The summed E-state index contributed by atoms with van der Waals surface area (Å²) in [5.41, 5.74) is 3.53. The zero-order valence-corrected chi connectivity index (χ0v) is 10.1. The van der Waals surface area contributed by atoms with E-state index in [0.717, 1.165) is 17.0 Å². The summed E-state index contributed by atoms with van der Waals surface area (Å²) in [7, 11) is 3.28. The van der Waals surface area contributed by atoms with Crippen molar-refractivity contribution in [2.75, 3.05) is 7.11 Å². The van der Waals surface area contributed by atoms with Crippen LogP contribution in [0.4, 0.5) is 0 Å². The molecule has 2 aromatic rings. The van der Waals surface area contributed by atoms with E-state index in [1.165, 1.54) is 7.11 Å². The van der Waals surface area contributed by atoms with Crippen LogP contribution in [0, 0.1) is 6.92 Å². The van der Waals surface area contributed by atoms with E-state index in [-0.39, 0.29) is 5.97 Å². The molecule has 0 radical (unpaired) electrons. The van der Waals surface area contributed by atoms with Crippen molar-refractivity contribution in [1.82, 2.24) is 9.78 Å². The summed E-state index contributed by atoms with van der Waals surface area (Å²) in [6.07, 6.45) is 0. The summed E-state index contributed by atoms with van der Waals surface area (Å²) < 4.78 is 6.47. The van der Waals surface area contributed by atoms with E-state index in [0.29, 0.717) is 5.56 Å². The highest BCUT2D eigenvalue weighted by Gasteiger charge is 2.07. The minimum absolute atomic E-state index is 0.325. The first kappa shape index (κ1) is 11.4. The quantitative estimate of drug-likeness (QED) is 0.743. The van der Waals surface area contributed by atoms with E-state index < -0.39 is 0 Å². The molecule has 0 bridgehead atoms. The molecule has 88 valence electrons. The Bertz CT molecular complexity index is 522. The molecule has 0 spiro atoms. The van der Waals surface area contributed by atoms with Gasteiger partial charge in [-0.3, -0.25) is 4.68 Å². The van der Waals surface area contributed by atoms with E-state index in [9.17, 15) is 4.79 Å². The van der Waals surface area contributed by atoms with Gasteiger partial charge in [0.05, 0.1) is 18.4 Å². The van der Waals surface area contributed by atoms with Crippen LogP contribution >= 0.6 is 0 Å².